The number of fused-ring (bicyclic) bond motifs is 3. The van der Waals surface area contributed by atoms with Crippen LogP contribution < -0.4 is 9.47 Å². The van der Waals surface area contributed by atoms with E-state index >= 15 is 0 Å². The molecule has 0 amide bonds. The van der Waals surface area contributed by atoms with E-state index in [1.165, 1.54) is 12.3 Å². The molecule has 142 valence electrons. The number of carboxylic acids is 1. The zero-order valence-electron chi connectivity index (χ0n) is 14.1. The van der Waals surface area contributed by atoms with Crippen molar-refractivity contribution in [3.05, 3.63) is 41.2 Å². The first-order valence-corrected chi connectivity index (χ1v) is 9.57. The van der Waals surface area contributed by atoms with E-state index in [1.54, 1.807) is 12.1 Å². The lowest BCUT2D eigenvalue weighted by Gasteiger charge is -2.17. The minimum atomic E-state index is -3.81. The fourth-order valence-corrected chi connectivity index (χ4v) is 3.38. The lowest BCUT2D eigenvalue weighted by atomic mass is 9.92. The molecule has 10 heteroatoms. The third-order valence-electron chi connectivity index (χ3n) is 4.12. The van der Waals surface area contributed by atoms with Gasteiger partial charge < -0.3 is 24.1 Å². The number of aromatic carboxylic acids is 1. The van der Waals surface area contributed by atoms with E-state index in [0.717, 1.165) is 6.26 Å². The van der Waals surface area contributed by atoms with Crippen molar-refractivity contribution in [1.29, 1.82) is 0 Å². The molecule has 2 aliphatic rings. The number of hydrogen-bond donors (Lipinski definition) is 1. The topological polar surface area (TPSA) is 118 Å². The summed E-state index contributed by atoms with van der Waals surface area (Å²) in [5.74, 6) is -0.0840. The summed E-state index contributed by atoms with van der Waals surface area (Å²) in [5.41, 5.74) is 0.339. The van der Waals surface area contributed by atoms with Crippen LogP contribution in [0.4, 0.5) is 0 Å². The zero-order chi connectivity index (χ0) is 19.2. The number of ether oxygens (including phenoxy) is 4. The molecule has 0 fully saturated rings. The Kier molecular flexibility index (Phi) is 4.08. The average Bonchev–Trinajstić information content (AvgIpc) is 3.28. The molecule has 0 saturated heterocycles. The second kappa shape index (κ2) is 6.32. The maximum absolute atomic E-state index is 11.8. The first-order chi connectivity index (χ1) is 12.8. The predicted octanol–water partition coefficient (Wildman–Crippen LogP) is 2.05. The summed E-state index contributed by atoms with van der Waals surface area (Å²) >= 11 is 0. The van der Waals surface area contributed by atoms with Gasteiger partial charge in [0.2, 0.25) is 13.6 Å². The largest absolute Gasteiger partial charge is 0.478 e. The van der Waals surface area contributed by atoms with Gasteiger partial charge in [0, 0.05) is 16.5 Å². The van der Waals surface area contributed by atoms with E-state index in [0.29, 0.717) is 27.8 Å². The molecule has 1 N–H and O–H groups in total. The molecule has 2 aromatic carbocycles. The van der Waals surface area contributed by atoms with Gasteiger partial charge in [0.15, 0.2) is 17.3 Å². The van der Waals surface area contributed by atoms with E-state index in [9.17, 15) is 18.3 Å². The van der Waals surface area contributed by atoms with E-state index in [2.05, 4.69) is 0 Å². The molecule has 2 aromatic rings. The smallest absolute Gasteiger partial charge is 0.336 e. The summed E-state index contributed by atoms with van der Waals surface area (Å²) in [7, 11) is -3.81. The first kappa shape index (κ1) is 17.4. The molecule has 0 aromatic heterocycles. The van der Waals surface area contributed by atoms with Crippen LogP contribution in [0, 0.1) is 0 Å². The van der Waals surface area contributed by atoms with Gasteiger partial charge in [-0.05, 0) is 17.5 Å². The molecule has 2 aliphatic heterocycles. The maximum Gasteiger partial charge on any atom is 0.336 e. The van der Waals surface area contributed by atoms with Crippen molar-refractivity contribution in [2.45, 2.75) is 6.61 Å². The Labute approximate surface area is 153 Å². The third kappa shape index (κ3) is 3.13. The van der Waals surface area contributed by atoms with E-state index in [1.807, 2.05) is 0 Å². The molecule has 0 bridgehead atoms. The number of carboxylic acid groups (broad SMARTS) is 1. The van der Waals surface area contributed by atoms with Crippen LogP contribution in [0.25, 0.3) is 16.5 Å². The standard InChI is InChI=1S/C17H14O9S/c1-27(20,21)26-5-11-10(17(18)19)4-9-2-3-12-16(25-8-24-12)14(9)15(11)13-6-22-7-23-13/h2-4,6H,5,7-8H2,1H3,(H,18,19). The summed E-state index contributed by atoms with van der Waals surface area (Å²) in [6.07, 6.45) is 2.22. The van der Waals surface area contributed by atoms with E-state index in [-0.39, 0.29) is 30.5 Å². The summed E-state index contributed by atoms with van der Waals surface area (Å²) in [5, 5.41) is 10.8. The SMILES string of the molecule is CS(=O)(=O)OCc1c(C(=O)O)cc2ccc3c(c2c1C1=COCO1)OCO3. The highest BCUT2D eigenvalue weighted by molar-refractivity contribution is 7.85. The van der Waals surface area contributed by atoms with Crippen molar-refractivity contribution < 1.29 is 41.4 Å². The molecule has 2 heterocycles. The molecular formula is C17H14O9S. The summed E-state index contributed by atoms with van der Waals surface area (Å²) in [6, 6.07) is 4.80. The normalized spacial score (nSPS) is 15.4. The van der Waals surface area contributed by atoms with Gasteiger partial charge in [0.05, 0.1) is 18.4 Å². The fourth-order valence-electron chi connectivity index (χ4n) is 3.04. The van der Waals surface area contributed by atoms with Crippen LogP contribution in [0.2, 0.25) is 0 Å². The van der Waals surface area contributed by atoms with Crippen molar-refractivity contribution >= 4 is 32.6 Å². The highest BCUT2D eigenvalue weighted by atomic mass is 32.2. The van der Waals surface area contributed by atoms with E-state index < -0.39 is 22.7 Å². The van der Waals surface area contributed by atoms with Crippen LogP contribution in [0.3, 0.4) is 0 Å². The summed E-state index contributed by atoms with van der Waals surface area (Å²) in [4.78, 5) is 11.8. The van der Waals surface area contributed by atoms with Crippen LogP contribution in [-0.4, -0.2) is 39.3 Å². The first-order valence-electron chi connectivity index (χ1n) is 7.76. The fraction of sp³-hybridized carbons (Fsp3) is 0.235. The molecular weight excluding hydrogens is 380 g/mol. The van der Waals surface area contributed by atoms with Gasteiger partial charge in [0.1, 0.15) is 6.26 Å². The molecule has 0 saturated carbocycles. The molecule has 0 atom stereocenters. The highest BCUT2D eigenvalue weighted by Gasteiger charge is 2.29. The van der Waals surface area contributed by atoms with Crippen LogP contribution in [-0.2, 0) is 30.4 Å². The second-order valence-corrected chi connectivity index (χ2v) is 7.50. The minimum absolute atomic E-state index is 0.0140. The van der Waals surface area contributed by atoms with E-state index in [4.69, 9.17) is 23.1 Å². The Morgan fingerprint density at radius 2 is 2.04 bits per heavy atom. The van der Waals surface area contributed by atoms with Crippen molar-refractivity contribution in [2.24, 2.45) is 0 Å². The second-order valence-electron chi connectivity index (χ2n) is 5.86. The Morgan fingerprint density at radius 1 is 1.22 bits per heavy atom. The Balaban J connectivity index is 2.06. The average molecular weight is 394 g/mol. The number of hydrogen-bond acceptors (Lipinski definition) is 8. The van der Waals surface area contributed by atoms with Gasteiger partial charge in [-0.2, -0.15) is 8.42 Å². The maximum atomic E-state index is 11.8. The lowest BCUT2D eigenvalue weighted by Crippen LogP contribution is -2.11. The van der Waals surface area contributed by atoms with Crippen LogP contribution in [0.15, 0.2) is 24.5 Å². The van der Waals surface area contributed by atoms with Crippen LogP contribution in [0.5, 0.6) is 11.5 Å². The third-order valence-corrected chi connectivity index (χ3v) is 4.66. The molecule has 27 heavy (non-hydrogen) atoms. The quantitative estimate of drug-likeness (QED) is 0.760. The number of benzene rings is 2. The Bertz CT molecular complexity index is 1090. The van der Waals surface area contributed by atoms with Crippen molar-refractivity contribution in [3.63, 3.8) is 0 Å². The molecule has 4 rings (SSSR count). The Hall–Kier alpha value is -2.98. The van der Waals surface area contributed by atoms with Gasteiger partial charge in [-0.25, -0.2) is 4.79 Å². The van der Waals surface area contributed by atoms with Gasteiger partial charge in [0.25, 0.3) is 10.1 Å². The van der Waals surface area contributed by atoms with Crippen LogP contribution >= 0.6 is 0 Å². The monoisotopic (exact) mass is 394 g/mol. The zero-order valence-corrected chi connectivity index (χ0v) is 14.9. The molecule has 9 nitrogen and oxygen atoms in total. The highest BCUT2D eigenvalue weighted by Crippen LogP contribution is 2.45. The van der Waals surface area contributed by atoms with Gasteiger partial charge >= 0.3 is 5.97 Å². The van der Waals surface area contributed by atoms with Crippen molar-refractivity contribution in [1.82, 2.24) is 0 Å². The van der Waals surface area contributed by atoms with Gasteiger partial charge in [-0.3, -0.25) is 4.18 Å². The Morgan fingerprint density at radius 3 is 2.70 bits per heavy atom. The molecule has 0 unspecified atom stereocenters. The summed E-state index contributed by atoms with van der Waals surface area (Å²) in [6.45, 7) is -0.524. The number of rotatable bonds is 5. The number of carbonyl (C=O) groups is 1. The molecule has 0 spiro atoms. The van der Waals surface area contributed by atoms with Gasteiger partial charge in [-0.1, -0.05) is 6.07 Å². The minimum Gasteiger partial charge on any atom is -0.478 e. The van der Waals surface area contributed by atoms with Crippen molar-refractivity contribution in [3.8, 4) is 11.5 Å². The lowest BCUT2D eigenvalue weighted by molar-refractivity contribution is 0.0694. The molecule has 0 aliphatic carbocycles. The van der Waals surface area contributed by atoms with Gasteiger partial charge in [-0.15, -0.1) is 0 Å². The van der Waals surface area contributed by atoms with Crippen molar-refractivity contribution in [2.75, 3.05) is 19.8 Å². The molecule has 0 radical (unpaired) electrons. The predicted molar refractivity (Wildman–Crippen MR) is 91.7 cm³/mol. The summed E-state index contributed by atoms with van der Waals surface area (Å²) < 4.78 is 49.4. The van der Waals surface area contributed by atoms with Crippen LogP contribution in [0.1, 0.15) is 21.5 Å².